The van der Waals surface area contributed by atoms with Crippen molar-refractivity contribution in [2.45, 2.75) is 32.4 Å². The number of likely N-dealkylation sites (tertiary alicyclic amines) is 1. The summed E-state index contributed by atoms with van der Waals surface area (Å²) in [6.07, 6.45) is -1.62. The van der Waals surface area contributed by atoms with Crippen LogP contribution in [0.15, 0.2) is 22.7 Å². The Kier molecular flexibility index (Phi) is 4.96. The number of hydrogen-bond donors (Lipinski definition) is 0. The molecule has 0 saturated carbocycles. The average Bonchev–Trinajstić information content (AvgIpc) is 2.62. The Morgan fingerprint density at radius 2 is 2.00 bits per heavy atom. The summed E-state index contributed by atoms with van der Waals surface area (Å²) in [5.74, 6) is 0.237. The van der Waals surface area contributed by atoms with Gasteiger partial charge >= 0.3 is 6.18 Å². The number of amides is 1. The van der Waals surface area contributed by atoms with Gasteiger partial charge in [0.1, 0.15) is 0 Å². The van der Waals surface area contributed by atoms with Crippen molar-refractivity contribution >= 4 is 21.8 Å². The molecule has 0 N–H and O–H groups in total. The van der Waals surface area contributed by atoms with Crippen LogP contribution >= 0.6 is 15.9 Å². The van der Waals surface area contributed by atoms with Crippen molar-refractivity contribution in [3.8, 4) is 0 Å². The quantitative estimate of drug-likeness (QED) is 0.706. The molecular formula is C15H17BrF3NO. The standard InChI is InChI=1S/C15H17BrF3NO/c1-10-3-2-7-20(8-6-10)14(21)11-4-5-13(16)12(9-11)15(17,18)19/h4-5,9-10H,2-3,6-8H2,1H3. The van der Waals surface area contributed by atoms with E-state index in [9.17, 15) is 18.0 Å². The van der Waals surface area contributed by atoms with Gasteiger partial charge in [0.25, 0.3) is 5.91 Å². The van der Waals surface area contributed by atoms with Crippen molar-refractivity contribution in [3.05, 3.63) is 33.8 Å². The number of alkyl halides is 3. The van der Waals surface area contributed by atoms with Crippen molar-refractivity contribution in [2.75, 3.05) is 13.1 Å². The fourth-order valence-electron chi connectivity index (χ4n) is 2.52. The number of nitrogens with zero attached hydrogens (tertiary/aromatic N) is 1. The van der Waals surface area contributed by atoms with Crippen LogP contribution in [0.2, 0.25) is 0 Å². The average molecular weight is 364 g/mol. The van der Waals surface area contributed by atoms with E-state index in [1.807, 2.05) is 0 Å². The van der Waals surface area contributed by atoms with Gasteiger partial charge in [0, 0.05) is 23.1 Å². The smallest absolute Gasteiger partial charge is 0.339 e. The topological polar surface area (TPSA) is 20.3 Å². The van der Waals surface area contributed by atoms with E-state index in [1.165, 1.54) is 12.1 Å². The fraction of sp³-hybridized carbons (Fsp3) is 0.533. The summed E-state index contributed by atoms with van der Waals surface area (Å²) in [6, 6.07) is 3.66. The Morgan fingerprint density at radius 1 is 1.29 bits per heavy atom. The predicted molar refractivity (Wildman–Crippen MR) is 78.1 cm³/mol. The van der Waals surface area contributed by atoms with Gasteiger partial charge in [-0.05, 0) is 43.4 Å². The van der Waals surface area contributed by atoms with E-state index in [4.69, 9.17) is 0 Å². The zero-order chi connectivity index (χ0) is 15.6. The number of carbonyl (C=O) groups excluding carboxylic acids is 1. The van der Waals surface area contributed by atoms with E-state index in [1.54, 1.807) is 4.90 Å². The van der Waals surface area contributed by atoms with Gasteiger partial charge in [0.15, 0.2) is 0 Å². The van der Waals surface area contributed by atoms with Crippen LogP contribution < -0.4 is 0 Å². The third kappa shape index (κ3) is 3.99. The van der Waals surface area contributed by atoms with Crippen molar-refractivity contribution in [2.24, 2.45) is 5.92 Å². The Labute approximate surface area is 130 Å². The second kappa shape index (κ2) is 6.38. The first-order chi connectivity index (χ1) is 9.79. The minimum Gasteiger partial charge on any atom is -0.339 e. The molecular weight excluding hydrogens is 347 g/mol. The Morgan fingerprint density at radius 3 is 2.67 bits per heavy atom. The molecule has 0 bridgehead atoms. The molecule has 0 radical (unpaired) electrons. The lowest BCUT2D eigenvalue weighted by molar-refractivity contribution is -0.138. The predicted octanol–water partition coefficient (Wildman–Crippen LogP) is 4.73. The normalized spacial score (nSPS) is 20.2. The summed E-state index contributed by atoms with van der Waals surface area (Å²) in [7, 11) is 0. The van der Waals surface area contributed by atoms with E-state index in [0.29, 0.717) is 19.0 Å². The molecule has 1 aromatic rings. The minimum atomic E-state index is -4.47. The summed E-state index contributed by atoms with van der Waals surface area (Å²) < 4.78 is 38.6. The molecule has 6 heteroatoms. The molecule has 0 aliphatic carbocycles. The molecule has 1 aliphatic rings. The first kappa shape index (κ1) is 16.3. The van der Waals surface area contributed by atoms with Gasteiger partial charge in [0.2, 0.25) is 0 Å². The highest BCUT2D eigenvalue weighted by atomic mass is 79.9. The molecule has 1 aliphatic heterocycles. The highest BCUT2D eigenvalue weighted by Crippen LogP contribution is 2.35. The van der Waals surface area contributed by atoms with E-state index in [0.717, 1.165) is 25.3 Å². The number of hydrogen-bond acceptors (Lipinski definition) is 1. The van der Waals surface area contributed by atoms with Crippen molar-refractivity contribution in [1.82, 2.24) is 4.90 Å². The highest BCUT2D eigenvalue weighted by molar-refractivity contribution is 9.10. The van der Waals surface area contributed by atoms with Crippen LogP contribution in [-0.2, 0) is 6.18 Å². The van der Waals surface area contributed by atoms with Crippen molar-refractivity contribution in [1.29, 1.82) is 0 Å². The van der Waals surface area contributed by atoms with Gasteiger partial charge in [-0.3, -0.25) is 4.79 Å². The Balaban J connectivity index is 2.23. The summed E-state index contributed by atoms with van der Waals surface area (Å²) in [4.78, 5) is 14.1. The van der Waals surface area contributed by atoms with Crippen LogP contribution in [0.5, 0.6) is 0 Å². The van der Waals surface area contributed by atoms with Gasteiger partial charge in [-0.25, -0.2) is 0 Å². The molecule has 0 spiro atoms. The molecule has 2 rings (SSSR count). The lowest BCUT2D eigenvalue weighted by atomic mass is 10.0. The maximum absolute atomic E-state index is 12.9. The monoisotopic (exact) mass is 363 g/mol. The van der Waals surface area contributed by atoms with Gasteiger partial charge in [0.05, 0.1) is 5.56 Å². The third-order valence-corrected chi connectivity index (χ3v) is 4.51. The van der Waals surface area contributed by atoms with Crippen LogP contribution in [0.4, 0.5) is 13.2 Å². The highest BCUT2D eigenvalue weighted by Gasteiger charge is 2.34. The van der Waals surface area contributed by atoms with Crippen molar-refractivity contribution in [3.63, 3.8) is 0 Å². The molecule has 1 saturated heterocycles. The molecule has 1 fully saturated rings. The second-order valence-electron chi connectivity index (χ2n) is 5.52. The third-order valence-electron chi connectivity index (χ3n) is 3.82. The summed E-state index contributed by atoms with van der Waals surface area (Å²) in [6.45, 7) is 3.35. The van der Waals surface area contributed by atoms with E-state index >= 15 is 0 Å². The van der Waals surface area contributed by atoms with Crippen LogP contribution in [0.1, 0.15) is 42.1 Å². The number of benzene rings is 1. The molecule has 21 heavy (non-hydrogen) atoms. The largest absolute Gasteiger partial charge is 0.417 e. The maximum Gasteiger partial charge on any atom is 0.417 e. The summed E-state index contributed by atoms with van der Waals surface area (Å²) >= 11 is 2.89. The fourth-order valence-corrected chi connectivity index (χ4v) is 3.00. The van der Waals surface area contributed by atoms with E-state index in [2.05, 4.69) is 22.9 Å². The van der Waals surface area contributed by atoms with Crippen molar-refractivity contribution < 1.29 is 18.0 Å². The molecule has 2 nitrogen and oxygen atoms in total. The molecule has 116 valence electrons. The van der Waals surface area contributed by atoms with E-state index in [-0.39, 0.29) is 15.9 Å². The molecule has 1 heterocycles. The van der Waals surface area contributed by atoms with Gasteiger partial charge < -0.3 is 4.90 Å². The molecule has 1 unspecified atom stereocenters. The lowest BCUT2D eigenvalue weighted by Crippen LogP contribution is -2.32. The Hall–Kier alpha value is -1.04. The molecule has 0 aromatic heterocycles. The second-order valence-corrected chi connectivity index (χ2v) is 6.37. The van der Waals surface area contributed by atoms with Crippen LogP contribution in [-0.4, -0.2) is 23.9 Å². The van der Waals surface area contributed by atoms with Gasteiger partial charge in [-0.2, -0.15) is 13.2 Å². The number of halogens is 4. The van der Waals surface area contributed by atoms with Gasteiger partial charge in [-0.15, -0.1) is 0 Å². The molecule has 1 aromatic carbocycles. The van der Waals surface area contributed by atoms with E-state index < -0.39 is 11.7 Å². The van der Waals surface area contributed by atoms with Crippen LogP contribution in [0, 0.1) is 5.92 Å². The number of rotatable bonds is 1. The van der Waals surface area contributed by atoms with Crippen LogP contribution in [0.3, 0.4) is 0 Å². The minimum absolute atomic E-state index is 0.0453. The zero-order valence-corrected chi connectivity index (χ0v) is 13.3. The SMILES string of the molecule is CC1CCCN(C(=O)c2ccc(Br)c(C(F)(F)F)c2)CC1. The zero-order valence-electron chi connectivity index (χ0n) is 11.7. The first-order valence-electron chi connectivity index (χ1n) is 6.95. The molecule has 1 amide bonds. The van der Waals surface area contributed by atoms with Gasteiger partial charge in [-0.1, -0.05) is 22.9 Å². The molecule has 1 atom stereocenters. The number of carbonyl (C=O) groups is 1. The summed E-state index contributed by atoms with van der Waals surface area (Å²) in [5.41, 5.74) is -0.711. The van der Waals surface area contributed by atoms with Crippen LogP contribution in [0.25, 0.3) is 0 Å². The lowest BCUT2D eigenvalue weighted by Gasteiger charge is -2.21. The Bertz CT molecular complexity index is 530. The first-order valence-corrected chi connectivity index (χ1v) is 7.74. The maximum atomic E-state index is 12.9. The summed E-state index contributed by atoms with van der Waals surface area (Å²) in [5, 5.41) is 0.